The first-order chi connectivity index (χ1) is 14.4. The fourth-order valence-corrected chi connectivity index (χ4v) is 4.46. The average Bonchev–Trinajstić information content (AvgIpc) is 3.31. The molecule has 152 valence electrons. The Morgan fingerprint density at radius 3 is 2.53 bits per heavy atom. The number of benzene rings is 2. The van der Waals surface area contributed by atoms with E-state index in [1.165, 1.54) is 11.3 Å². The molecule has 0 radical (unpaired) electrons. The molecule has 1 fully saturated rings. The molecule has 2 aromatic carbocycles. The van der Waals surface area contributed by atoms with Gasteiger partial charge in [0.2, 0.25) is 5.91 Å². The molecule has 2 N–H and O–H groups in total. The van der Waals surface area contributed by atoms with Crippen LogP contribution in [0.3, 0.4) is 0 Å². The molecule has 0 atom stereocenters. The molecule has 4 rings (SSSR count). The number of halogens is 2. The molecule has 1 aliphatic heterocycles. The summed E-state index contributed by atoms with van der Waals surface area (Å²) in [5.74, 6) is -0.534. The molecule has 0 spiro atoms. The van der Waals surface area contributed by atoms with E-state index in [4.69, 9.17) is 23.2 Å². The van der Waals surface area contributed by atoms with Crippen LogP contribution in [0.1, 0.15) is 15.2 Å². The molecule has 0 aliphatic carbocycles. The molecule has 0 saturated carbocycles. The topological polar surface area (TPSA) is 78.5 Å². The first kappa shape index (κ1) is 20.4. The van der Waals surface area contributed by atoms with Crippen LogP contribution in [0, 0.1) is 0 Å². The maximum atomic E-state index is 12.7. The molecule has 2 heterocycles. The zero-order chi connectivity index (χ0) is 21.3. The summed E-state index contributed by atoms with van der Waals surface area (Å²) in [6, 6.07) is 15.4. The first-order valence-corrected chi connectivity index (χ1v) is 10.5. The van der Waals surface area contributed by atoms with Crippen LogP contribution in [0.2, 0.25) is 10.0 Å². The van der Waals surface area contributed by atoms with E-state index in [1.807, 2.05) is 6.07 Å². The number of urea groups is 1. The lowest BCUT2D eigenvalue weighted by atomic mass is 10.2. The van der Waals surface area contributed by atoms with Crippen molar-refractivity contribution in [2.45, 2.75) is 6.54 Å². The minimum absolute atomic E-state index is 0.00775. The van der Waals surface area contributed by atoms with Crippen molar-refractivity contribution in [2.24, 2.45) is 0 Å². The van der Waals surface area contributed by atoms with Crippen LogP contribution in [0.15, 0.2) is 54.6 Å². The van der Waals surface area contributed by atoms with Gasteiger partial charge in [0.1, 0.15) is 0 Å². The monoisotopic (exact) mass is 459 g/mol. The van der Waals surface area contributed by atoms with E-state index < -0.39 is 6.03 Å². The maximum Gasteiger partial charge on any atom is 0.324 e. The van der Waals surface area contributed by atoms with Crippen LogP contribution in [0.5, 0.6) is 0 Å². The van der Waals surface area contributed by atoms with Gasteiger partial charge in [-0.15, -0.1) is 11.3 Å². The van der Waals surface area contributed by atoms with Crippen LogP contribution in [-0.2, 0) is 11.3 Å². The third kappa shape index (κ3) is 4.48. The second-order valence-corrected chi connectivity index (χ2v) is 8.57. The van der Waals surface area contributed by atoms with Crippen molar-refractivity contribution in [1.29, 1.82) is 0 Å². The van der Waals surface area contributed by atoms with Gasteiger partial charge < -0.3 is 10.6 Å². The quantitative estimate of drug-likeness (QED) is 0.525. The number of carbonyl (C=O) groups excluding carboxylic acids is 3. The third-order valence-corrected chi connectivity index (χ3v) is 6.01. The van der Waals surface area contributed by atoms with Crippen LogP contribution in [0.25, 0.3) is 10.4 Å². The third-order valence-electron chi connectivity index (χ3n) is 4.44. The number of thiophene rings is 1. The van der Waals surface area contributed by atoms with Crippen LogP contribution < -0.4 is 10.6 Å². The normalized spacial score (nSPS) is 13.5. The molecular weight excluding hydrogens is 445 g/mol. The highest BCUT2D eigenvalue weighted by molar-refractivity contribution is 7.17. The zero-order valence-electron chi connectivity index (χ0n) is 15.4. The van der Waals surface area contributed by atoms with Crippen LogP contribution in [-0.4, -0.2) is 29.3 Å². The summed E-state index contributed by atoms with van der Waals surface area (Å²) in [6.45, 7) is 0.154. The Kier molecular flexibility index (Phi) is 5.76. The van der Waals surface area contributed by atoms with Gasteiger partial charge in [0, 0.05) is 20.6 Å². The lowest BCUT2D eigenvalue weighted by molar-refractivity contribution is -0.125. The second-order valence-electron chi connectivity index (χ2n) is 6.62. The predicted molar refractivity (Wildman–Crippen MR) is 118 cm³/mol. The Morgan fingerprint density at radius 1 is 1.07 bits per heavy atom. The number of carbonyl (C=O) groups is 3. The van der Waals surface area contributed by atoms with E-state index in [0.717, 1.165) is 20.9 Å². The lowest BCUT2D eigenvalue weighted by Gasteiger charge is -2.13. The fourth-order valence-electron chi connectivity index (χ4n) is 3.05. The lowest BCUT2D eigenvalue weighted by Crippen LogP contribution is -2.30. The Balaban J connectivity index is 1.47. The summed E-state index contributed by atoms with van der Waals surface area (Å²) < 4.78 is 0. The molecule has 1 aromatic heterocycles. The van der Waals surface area contributed by atoms with E-state index in [9.17, 15) is 14.4 Å². The SMILES string of the molecule is O=C(Nc1cccc(CN2C(=O)CNC2=O)c1)c1ccc(-c2cc(Cl)cc(Cl)c2)s1. The van der Waals surface area contributed by atoms with Crippen LogP contribution in [0.4, 0.5) is 10.5 Å². The number of hydrogen-bond donors (Lipinski definition) is 2. The molecule has 0 unspecified atom stereocenters. The minimum atomic E-state index is -0.415. The zero-order valence-corrected chi connectivity index (χ0v) is 17.8. The van der Waals surface area contributed by atoms with Crippen molar-refractivity contribution < 1.29 is 14.4 Å². The van der Waals surface area contributed by atoms with Gasteiger partial charge in [0.15, 0.2) is 0 Å². The highest BCUT2D eigenvalue weighted by Crippen LogP contribution is 2.32. The summed E-state index contributed by atoms with van der Waals surface area (Å²) in [5.41, 5.74) is 2.15. The van der Waals surface area contributed by atoms with Gasteiger partial charge in [-0.3, -0.25) is 14.5 Å². The number of anilines is 1. The molecule has 4 amide bonds. The van der Waals surface area contributed by atoms with E-state index in [2.05, 4.69) is 10.6 Å². The number of rotatable bonds is 5. The van der Waals surface area contributed by atoms with E-state index in [0.29, 0.717) is 20.6 Å². The fraction of sp³-hybridized carbons (Fsp3) is 0.0952. The molecular formula is C21H15Cl2N3O3S. The van der Waals surface area contributed by atoms with E-state index >= 15 is 0 Å². The molecule has 6 nitrogen and oxygen atoms in total. The van der Waals surface area contributed by atoms with Gasteiger partial charge in [0.25, 0.3) is 5.91 Å². The number of nitrogens with one attached hydrogen (secondary N) is 2. The van der Waals surface area contributed by atoms with Gasteiger partial charge in [-0.25, -0.2) is 4.79 Å². The smallest absolute Gasteiger partial charge is 0.324 e. The van der Waals surface area contributed by atoms with E-state index in [-0.39, 0.29) is 24.9 Å². The highest BCUT2D eigenvalue weighted by atomic mass is 35.5. The minimum Gasteiger partial charge on any atom is -0.329 e. The average molecular weight is 460 g/mol. The number of imide groups is 1. The number of amides is 4. The second kappa shape index (κ2) is 8.47. The van der Waals surface area contributed by atoms with Crippen molar-refractivity contribution in [3.05, 3.63) is 75.1 Å². The van der Waals surface area contributed by atoms with Gasteiger partial charge >= 0.3 is 6.03 Å². The number of hydrogen-bond acceptors (Lipinski definition) is 4. The van der Waals surface area contributed by atoms with Gasteiger partial charge in [0.05, 0.1) is 18.0 Å². The van der Waals surface area contributed by atoms with E-state index in [1.54, 1.807) is 48.5 Å². The van der Waals surface area contributed by atoms with Gasteiger partial charge in [-0.2, -0.15) is 0 Å². The summed E-state index contributed by atoms with van der Waals surface area (Å²) in [7, 11) is 0. The van der Waals surface area contributed by atoms with Gasteiger partial charge in [-0.05, 0) is 53.6 Å². The van der Waals surface area contributed by atoms with Crippen molar-refractivity contribution in [3.63, 3.8) is 0 Å². The Bertz CT molecular complexity index is 1130. The largest absolute Gasteiger partial charge is 0.329 e. The first-order valence-electron chi connectivity index (χ1n) is 8.94. The van der Waals surface area contributed by atoms with Gasteiger partial charge in [-0.1, -0.05) is 35.3 Å². The Hall–Kier alpha value is -2.87. The number of nitrogens with zero attached hydrogens (tertiary/aromatic N) is 1. The van der Waals surface area contributed by atoms with Crippen molar-refractivity contribution >= 4 is 58.1 Å². The summed E-state index contributed by atoms with van der Waals surface area (Å²) in [6.07, 6.45) is 0. The maximum absolute atomic E-state index is 12.7. The Morgan fingerprint density at radius 2 is 1.83 bits per heavy atom. The molecule has 9 heteroatoms. The van der Waals surface area contributed by atoms with Crippen molar-refractivity contribution in [2.75, 3.05) is 11.9 Å². The Labute approximate surface area is 186 Å². The molecule has 1 saturated heterocycles. The van der Waals surface area contributed by atoms with Crippen molar-refractivity contribution in [1.82, 2.24) is 10.2 Å². The van der Waals surface area contributed by atoms with Crippen molar-refractivity contribution in [3.8, 4) is 10.4 Å². The molecule has 0 bridgehead atoms. The van der Waals surface area contributed by atoms with Crippen LogP contribution >= 0.6 is 34.5 Å². The highest BCUT2D eigenvalue weighted by Gasteiger charge is 2.28. The standard InChI is InChI=1S/C21H15Cl2N3O3S/c22-14-7-13(8-15(23)9-14)17-4-5-18(30-17)20(28)25-16-3-1-2-12(6-16)11-26-19(27)10-24-21(26)29/h1-9H,10-11H2,(H,24,29)(H,25,28). The molecule has 1 aliphatic rings. The summed E-state index contributed by atoms with van der Waals surface area (Å²) in [5, 5.41) is 6.39. The predicted octanol–water partition coefficient (Wildman–Crippen LogP) is 5.03. The molecule has 30 heavy (non-hydrogen) atoms. The summed E-state index contributed by atoms with van der Waals surface area (Å²) in [4.78, 5) is 38.7. The molecule has 3 aromatic rings. The summed E-state index contributed by atoms with van der Waals surface area (Å²) >= 11 is 13.5.